The largest absolute Gasteiger partial charge is 0.387 e. The highest BCUT2D eigenvalue weighted by molar-refractivity contribution is 6.14. The van der Waals surface area contributed by atoms with Crippen LogP contribution in [-0.2, 0) is 49.7 Å². The van der Waals surface area contributed by atoms with Gasteiger partial charge in [0.05, 0.1) is 12.5 Å². The number of halogens is 2. The number of aromatic nitrogens is 1. The second-order valence-electron chi connectivity index (χ2n) is 16.7. The third kappa shape index (κ3) is 13.6. The summed E-state index contributed by atoms with van der Waals surface area (Å²) in [4.78, 5) is 117. The molecule has 1 aliphatic rings. The van der Waals surface area contributed by atoms with Gasteiger partial charge in [-0.1, -0.05) is 51.1 Å². The maximum Gasteiger partial charge on any atom is 0.254 e. The Balaban J connectivity index is 1.50. The minimum Gasteiger partial charge on any atom is -0.387 e. The fraction of sp³-hybridized carbons (Fsp3) is 0.400. The van der Waals surface area contributed by atoms with Gasteiger partial charge in [0.1, 0.15) is 49.0 Å². The number of likely N-dealkylation sites (N-methyl/N-ethyl adjacent to an activating group) is 1. The monoisotopic (exact) mass is 919 g/mol. The molecule has 19 nitrogen and oxygen atoms in total. The van der Waals surface area contributed by atoms with Gasteiger partial charge in [-0.25, -0.2) is 8.78 Å². The number of nitrogens with two attached hydrogens (primary N) is 1. The van der Waals surface area contributed by atoms with E-state index >= 15 is 4.39 Å². The maximum atomic E-state index is 15.2. The summed E-state index contributed by atoms with van der Waals surface area (Å²) >= 11 is 0. The molecule has 4 rings (SSSR count). The Hall–Kier alpha value is -7.29. The van der Waals surface area contributed by atoms with Crippen LogP contribution >= 0.6 is 0 Å². The third-order valence-corrected chi connectivity index (χ3v) is 10.6. The molecule has 0 fully saturated rings. The molecule has 0 spiro atoms. The van der Waals surface area contributed by atoms with E-state index in [0.717, 1.165) is 35.9 Å². The number of nitrogens with one attached hydrogen (secondary N) is 5. The molecule has 5 atom stereocenters. The number of primary amides is 1. The minimum atomic E-state index is -1.64. The standard InChI is InChI=1S/C45H55F2N9O10/c1-25(50-36(59)23-56-37(60)14-15-38(56)61)42(64)51-26(2)43(65)53-33(41(48)63)20-35(58)52-32(44(66)49-6)16-17-55(39(62)24-57)40(45(3,4)5)34-18-28(30-19-29(46)12-13-31(30)47)22-54(34)21-27-10-8-7-9-11-27/h7-15,18-19,22,25-26,32-33,40,57H,16-17,20-21,23-24H2,1-6H3,(H2,48,63)(H,49,66)(H,50,59)(H,51,64)(H,52,58)(H,53,65)/t25-,26-,32-,33-,40-/m0/s1. The molecule has 66 heavy (non-hydrogen) atoms. The molecule has 0 saturated heterocycles. The van der Waals surface area contributed by atoms with E-state index in [0.29, 0.717) is 16.2 Å². The van der Waals surface area contributed by atoms with Gasteiger partial charge in [0.15, 0.2) is 0 Å². The van der Waals surface area contributed by atoms with Gasteiger partial charge >= 0.3 is 0 Å². The molecule has 0 bridgehead atoms. The molecule has 8 N–H and O–H groups in total. The van der Waals surface area contributed by atoms with Crippen LogP contribution in [-0.4, -0.2) is 124 Å². The molecule has 9 amide bonds. The van der Waals surface area contributed by atoms with E-state index in [4.69, 9.17) is 5.73 Å². The van der Waals surface area contributed by atoms with Crippen LogP contribution in [0.15, 0.2) is 72.9 Å². The molecule has 1 aromatic heterocycles. The Kier molecular flexibility index (Phi) is 17.5. The van der Waals surface area contributed by atoms with Crippen molar-refractivity contribution in [3.63, 3.8) is 0 Å². The summed E-state index contributed by atoms with van der Waals surface area (Å²) in [6, 6.07) is 7.52. The Labute approximate surface area is 379 Å². The van der Waals surface area contributed by atoms with Crippen LogP contribution in [0.25, 0.3) is 11.1 Å². The first-order chi connectivity index (χ1) is 31.0. The summed E-state index contributed by atoms with van der Waals surface area (Å²) in [7, 11) is 1.31. The van der Waals surface area contributed by atoms with Crippen LogP contribution in [0.4, 0.5) is 8.78 Å². The van der Waals surface area contributed by atoms with Crippen molar-refractivity contribution in [1.82, 2.24) is 41.0 Å². The minimum absolute atomic E-state index is 0.0229. The number of carbonyl (C=O) groups is 9. The lowest BCUT2D eigenvalue weighted by Crippen LogP contribution is -2.56. The lowest BCUT2D eigenvalue weighted by molar-refractivity contribution is -0.141. The third-order valence-electron chi connectivity index (χ3n) is 10.6. The van der Waals surface area contributed by atoms with E-state index in [1.807, 2.05) is 51.1 Å². The van der Waals surface area contributed by atoms with Crippen LogP contribution in [0.3, 0.4) is 0 Å². The summed E-state index contributed by atoms with van der Waals surface area (Å²) in [6.45, 7) is 6.46. The molecule has 0 aliphatic carbocycles. The van der Waals surface area contributed by atoms with Crippen LogP contribution in [0, 0.1) is 17.0 Å². The van der Waals surface area contributed by atoms with Gasteiger partial charge in [-0.15, -0.1) is 0 Å². The maximum absolute atomic E-state index is 15.2. The molecule has 354 valence electrons. The molecule has 0 unspecified atom stereocenters. The second kappa shape index (κ2) is 22.6. The van der Waals surface area contributed by atoms with Gasteiger partial charge in [-0.3, -0.25) is 48.1 Å². The van der Waals surface area contributed by atoms with Crippen molar-refractivity contribution in [3.8, 4) is 11.1 Å². The SMILES string of the molecule is CNC(=O)[C@H](CCN(C(=O)CO)[C@@H](c1cc(-c2cc(F)ccc2F)cn1Cc1ccccc1)C(C)(C)C)NC(=O)C[C@H](NC(=O)[C@H](C)NC(=O)[C@H](C)NC(=O)CN1C(=O)C=CC1=O)C(N)=O. The van der Waals surface area contributed by atoms with Gasteiger partial charge in [0.25, 0.3) is 11.8 Å². The smallest absolute Gasteiger partial charge is 0.254 e. The van der Waals surface area contributed by atoms with Crippen molar-refractivity contribution in [2.24, 2.45) is 11.1 Å². The van der Waals surface area contributed by atoms with E-state index in [1.165, 1.54) is 25.8 Å². The van der Waals surface area contributed by atoms with E-state index in [-0.39, 0.29) is 25.1 Å². The zero-order valence-electron chi connectivity index (χ0n) is 37.4. The number of benzene rings is 2. The summed E-state index contributed by atoms with van der Waals surface area (Å²) in [6.07, 6.45) is 2.62. The predicted octanol–water partition coefficient (Wildman–Crippen LogP) is 0.305. The topological polar surface area (TPSA) is 271 Å². The molecule has 2 aromatic carbocycles. The number of aliphatic hydroxyl groups is 1. The van der Waals surface area contributed by atoms with Crippen molar-refractivity contribution < 1.29 is 57.0 Å². The van der Waals surface area contributed by atoms with E-state index < -0.39 is 120 Å². The Morgan fingerprint density at radius 2 is 1.42 bits per heavy atom. The number of rotatable bonds is 21. The van der Waals surface area contributed by atoms with E-state index in [2.05, 4.69) is 26.6 Å². The molecule has 2 heterocycles. The van der Waals surface area contributed by atoms with Gasteiger partial charge < -0.3 is 46.9 Å². The quantitative estimate of drug-likeness (QED) is 0.0719. The highest BCUT2D eigenvalue weighted by Crippen LogP contribution is 2.41. The molecular weight excluding hydrogens is 865 g/mol. The number of amides is 9. The van der Waals surface area contributed by atoms with Gasteiger partial charge in [-0.05, 0) is 55.5 Å². The van der Waals surface area contributed by atoms with Crippen LogP contribution in [0.2, 0.25) is 0 Å². The summed E-state index contributed by atoms with van der Waals surface area (Å²) in [5.41, 5.74) is 6.35. The molecular formula is C45H55F2N9O10. The van der Waals surface area contributed by atoms with Gasteiger partial charge in [-0.2, -0.15) is 0 Å². The molecule has 21 heteroatoms. The normalized spacial score (nSPS) is 14.7. The molecule has 3 aromatic rings. The zero-order valence-corrected chi connectivity index (χ0v) is 37.4. The van der Waals surface area contributed by atoms with Crippen LogP contribution < -0.4 is 32.3 Å². The number of imide groups is 1. The molecule has 0 saturated carbocycles. The molecule has 1 aliphatic heterocycles. The summed E-state index contributed by atoms with van der Waals surface area (Å²) in [5, 5.41) is 22.1. The summed E-state index contributed by atoms with van der Waals surface area (Å²) in [5.74, 6) is -8.89. The fourth-order valence-corrected chi connectivity index (χ4v) is 7.26. The van der Waals surface area contributed by atoms with E-state index in [9.17, 15) is 52.6 Å². The Morgan fingerprint density at radius 1 is 0.803 bits per heavy atom. The van der Waals surface area contributed by atoms with Crippen LogP contribution in [0.1, 0.15) is 64.8 Å². The second-order valence-corrected chi connectivity index (χ2v) is 16.7. The van der Waals surface area contributed by atoms with Gasteiger partial charge in [0.2, 0.25) is 41.4 Å². The van der Waals surface area contributed by atoms with Crippen molar-refractivity contribution in [1.29, 1.82) is 0 Å². The van der Waals surface area contributed by atoms with E-state index in [1.54, 1.807) is 16.8 Å². The van der Waals surface area contributed by atoms with Crippen molar-refractivity contribution in [3.05, 3.63) is 95.8 Å². The predicted molar refractivity (Wildman–Crippen MR) is 234 cm³/mol. The lowest BCUT2D eigenvalue weighted by atomic mass is 9.82. The average Bonchev–Trinajstić information content (AvgIpc) is 3.81. The summed E-state index contributed by atoms with van der Waals surface area (Å²) < 4.78 is 31.4. The number of nitrogens with zero attached hydrogens (tertiary/aromatic N) is 3. The number of carbonyl (C=O) groups excluding carboxylic acids is 9. The Bertz CT molecular complexity index is 2350. The van der Waals surface area contributed by atoms with Crippen molar-refractivity contribution >= 4 is 53.2 Å². The van der Waals surface area contributed by atoms with Crippen molar-refractivity contribution in [2.75, 3.05) is 26.7 Å². The number of aliphatic hydroxyl groups excluding tert-OH is 1. The number of hydrogen-bond acceptors (Lipinski definition) is 10. The fourth-order valence-electron chi connectivity index (χ4n) is 7.26. The molecule has 0 radical (unpaired) electrons. The van der Waals surface area contributed by atoms with Gasteiger partial charge in [0, 0.05) is 55.3 Å². The van der Waals surface area contributed by atoms with Crippen molar-refractivity contribution in [2.45, 2.75) is 84.2 Å². The highest BCUT2D eigenvalue weighted by atomic mass is 19.1. The lowest BCUT2D eigenvalue weighted by Gasteiger charge is -2.41. The number of hydrogen-bond donors (Lipinski definition) is 7. The first kappa shape index (κ1) is 51.3. The average molecular weight is 920 g/mol. The van der Waals surface area contributed by atoms with Crippen LogP contribution in [0.5, 0.6) is 0 Å². The first-order valence-electron chi connectivity index (χ1n) is 20.9. The highest BCUT2D eigenvalue weighted by Gasteiger charge is 2.38. The zero-order chi connectivity index (χ0) is 49.0. The Morgan fingerprint density at radius 3 is 2.02 bits per heavy atom. The first-order valence-corrected chi connectivity index (χ1v) is 20.9.